The summed E-state index contributed by atoms with van der Waals surface area (Å²) in [7, 11) is 0. The first-order valence-corrected chi connectivity index (χ1v) is 6.05. The standard InChI is InChI=1S/C14H20N2O/c1-14(2,8-11-6-4-3-5-7-11)9-12-10-17-13(15)16-12/h3-7,12H,8-10H2,1-2H3,(H2,15,16)/t12-/m0/s1. The van der Waals surface area contributed by atoms with Gasteiger partial charge in [0.25, 0.3) is 6.02 Å². The molecule has 1 aromatic rings. The molecule has 0 unspecified atom stereocenters. The lowest BCUT2D eigenvalue weighted by atomic mass is 9.80. The first kappa shape index (κ1) is 12.0. The highest BCUT2D eigenvalue weighted by Crippen LogP contribution is 2.29. The molecule has 1 heterocycles. The summed E-state index contributed by atoms with van der Waals surface area (Å²) in [5.41, 5.74) is 7.10. The summed E-state index contributed by atoms with van der Waals surface area (Å²) >= 11 is 0. The quantitative estimate of drug-likeness (QED) is 0.866. The molecule has 92 valence electrons. The summed E-state index contributed by atoms with van der Waals surface area (Å²) in [5.74, 6) is 0. The van der Waals surface area contributed by atoms with E-state index in [2.05, 4.69) is 43.1 Å². The second-order valence-corrected chi connectivity index (χ2v) is 5.46. The van der Waals surface area contributed by atoms with E-state index < -0.39 is 0 Å². The molecule has 0 aliphatic carbocycles. The predicted molar refractivity (Wildman–Crippen MR) is 69.9 cm³/mol. The molecule has 1 aromatic carbocycles. The zero-order valence-corrected chi connectivity index (χ0v) is 10.5. The second-order valence-electron chi connectivity index (χ2n) is 5.46. The molecule has 0 amide bonds. The fraction of sp³-hybridized carbons (Fsp3) is 0.500. The highest BCUT2D eigenvalue weighted by atomic mass is 16.5. The van der Waals surface area contributed by atoms with Crippen molar-refractivity contribution in [3.05, 3.63) is 35.9 Å². The lowest BCUT2D eigenvalue weighted by molar-refractivity contribution is 0.250. The molecule has 17 heavy (non-hydrogen) atoms. The number of ether oxygens (including phenoxy) is 1. The number of hydrogen-bond acceptors (Lipinski definition) is 3. The normalized spacial score (nSPS) is 19.9. The van der Waals surface area contributed by atoms with Crippen LogP contribution in [0.25, 0.3) is 0 Å². The molecule has 0 spiro atoms. The van der Waals surface area contributed by atoms with Gasteiger partial charge in [0.05, 0.1) is 6.04 Å². The fourth-order valence-electron chi connectivity index (χ4n) is 2.40. The van der Waals surface area contributed by atoms with Crippen LogP contribution in [0.3, 0.4) is 0 Å². The highest BCUT2D eigenvalue weighted by Gasteiger charge is 2.26. The summed E-state index contributed by atoms with van der Waals surface area (Å²) in [6.07, 6.45) is 2.06. The van der Waals surface area contributed by atoms with Crippen LogP contribution in [0.5, 0.6) is 0 Å². The lowest BCUT2D eigenvalue weighted by Gasteiger charge is -2.26. The monoisotopic (exact) mass is 232 g/mol. The SMILES string of the molecule is CC(C)(Cc1ccccc1)C[C@H]1COC(N)=N1. The molecule has 3 nitrogen and oxygen atoms in total. The Bertz CT molecular complexity index is 398. The van der Waals surface area contributed by atoms with Gasteiger partial charge in [0.2, 0.25) is 0 Å². The molecule has 0 fully saturated rings. The lowest BCUT2D eigenvalue weighted by Crippen LogP contribution is -2.22. The zero-order valence-electron chi connectivity index (χ0n) is 10.5. The minimum Gasteiger partial charge on any atom is -0.463 e. The van der Waals surface area contributed by atoms with Crippen LogP contribution in [0, 0.1) is 5.41 Å². The van der Waals surface area contributed by atoms with Gasteiger partial charge in [0.15, 0.2) is 0 Å². The van der Waals surface area contributed by atoms with Gasteiger partial charge in [-0.25, -0.2) is 4.99 Å². The van der Waals surface area contributed by atoms with Crippen LogP contribution in [0.4, 0.5) is 0 Å². The van der Waals surface area contributed by atoms with Crippen LogP contribution in [-0.4, -0.2) is 18.7 Å². The maximum absolute atomic E-state index is 5.52. The summed E-state index contributed by atoms with van der Waals surface area (Å²) < 4.78 is 5.19. The first-order chi connectivity index (χ1) is 8.05. The van der Waals surface area contributed by atoms with Crippen LogP contribution in [0.1, 0.15) is 25.8 Å². The molecule has 2 N–H and O–H groups in total. The van der Waals surface area contributed by atoms with E-state index >= 15 is 0 Å². The molecule has 3 heteroatoms. The number of nitrogens with two attached hydrogens (primary N) is 1. The Hall–Kier alpha value is -1.51. The average Bonchev–Trinajstić information content (AvgIpc) is 2.63. The Kier molecular flexibility index (Phi) is 3.36. The van der Waals surface area contributed by atoms with Crippen LogP contribution in [0.2, 0.25) is 0 Å². The van der Waals surface area contributed by atoms with E-state index in [4.69, 9.17) is 10.5 Å². The molecule has 0 saturated heterocycles. The summed E-state index contributed by atoms with van der Waals surface area (Å²) in [4.78, 5) is 4.29. The molecule has 1 aliphatic heterocycles. The van der Waals surface area contributed by atoms with Gasteiger partial charge in [0, 0.05) is 0 Å². The Labute approximate surface area is 103 Å². The van der Waals surface area contributed by atoms with E-state index in [1.54, 1.807) is 0 Å². The van der Waals surface area contributed by atoms with Crippen molar-refractivity contribution < 1.29 is 4.74 Å². The van der Waals surface area contributed by atoms with Gasteiger partial charge in [-0.15, -0.1) is 0 Å². The maximum atomic E-state index is 5.52. The van der Waals surface area contributed by atoms with Crippen LogP contribution >= 0.6 is 0 Å². The van der Waals surface area contributed by atoms with Gasteiger partial charge in [0.1, 0.15) is 6.61 Å². The molecule has 0 bridgehead atoms. The van der Waals surface area contributed by atoms with E-state index in [-0.39, 0.29) is 11.5 Å². The van der Waals surface area contributed by atoms with E-state index in [0.717, 1.165) is 12.8 Å². The third-order valence-electron chi connectivity index (χ3n) is 3.05. The van der Waals surface area contributed by atoms with E-state index in [1.165, 1.54) is 5.56 Å². The van der Waals surface area contributed by atoms with E-state index in [0.29, 0.717) is 12.6 Å². The van der Waals surface area contributed by atoms with Crippen LogP contribution in [0.15, 0.2) is 35.3 Å². The molecule has 2 rings (SSSR count). The van der Waals surface area contributed by atoms with Crippen molar-refractivity contribution in [2.24, 2.45) is 16.1 Å². The summed E-state index contributed by atoms with van der Waals surface area (Å²) in [5, 5.41) is 0. The molecular weight excluding hydrogens is 212 g/mol. The molecule has 1 aliphatic rings. The maximum Gasteiger partial charge on any atom is 0.282 e. The van der Waals surface area contributed by atoms with Crippen molar-refractivity contribution in [1.82, 2.24) is 0 Å². The van der Waals surface area contributed by atoms with Gasteiger partial charge < -0.3 is 10.5 Å². The van der Waals surface area contributed by atoms with Crippen molar-refractivity contribution >= 4 is 6.02 Å². The molecule has 0 radical (unpaired) electrons. The Morgan fingerprint density at radius 3 is 2.65 bits per heavy atom. The molecule has 1 atom stereocenters. The summed E-state index contributed by atoms with van der Waals surface area (Å²) in [6, 6.07) is 11.1. The fourth-order valence-corrected chi connectivity index (χ4v) is 2.40. The van der Waals surface area contributed by atoms with E-state index in [9.17, 15) is 0 Å². The third kappa shape index (κ3) is 3.48. The van der Waals surface area contributed by atoms with Crippen LogP contribution in [-0.2, 0) is 11.2 Å². The largest absolute Gasteiger partial charge is 0.463 e. The second kappa shape index (κ2) is 4.78. The van der Waals surface area contributed by atoms with Gasteiger partial charge in [-0.05, 0) is 23.8 Å². The third-order valence-corrected chi connectivity index (χ3v) is 3.05. The van der Waals surface area contributed by atoms with Crippen LogP contribution < -0.4 is 5.73 Å². The van der Waals surface area contributed by atoms with Gasteiger partial charge in [-0.1, -0.05) is 44.2 Å². The van der Waals surface area contributed by atoms with Crippen molar-refractivity contribution in [2.75, 3.05) is 6.61 Å². The van der Waals surface area contributed by atoms with Gasteiger partial charge in [-0.2, -0.15) is 0 Å². The number of nitrogens with zero attached hydrogens (tertiary/aromatic N) is 1. The van der Waals surface area contributed by atoms with Crippen molar-refractivity contribution in [1.29, 1.82) is 0 Å². The molecule has 0 aromatic heterocycles. The van der Waals surface area contributed by atoms with Crippen molar-refractivity contribution in [3.8, 4) is 0 Å². The first-order valence-electron chi connectivity index (χ1n) is 6.05. The molecule has 0 saturated carbocycles. The smallest absolute Gasteiger partial charge is 0.282 e. The number of amidine groups is 1. The van der Waals surface area contributed by atoms with Crippen molar-refractivity contribution in [2.45, 2.75) is 32.7 Å². The number of benzene rings is 1. The van der Waals surface area contributed by atoms with E-state index in [1.807, 2.05) is 6.07 Å². The highest BCUT2D eigenvalue weighted by molar-refractivity contribution is 5.73. The number of rotatable bonds is 4. The number of aliphatic imine (C=N–C) groups is 1. The average molecular weight is 232 g/mol. The van der Waals surface area contributed by atoms with Gasteiger partial charge >= 0.3 is 0 Å². The zero-order chi connectivity index (χ0) is 12.3. The summed E-state index contributed by atoms with van der Waals surface area (Å²) in [6.45, 7) is 5.16. The Morgan fingerprint density at radius 2 is 2.06 bits per heavy atom. The predicted octanol–water partition coefficient (Wildman–Crippen LogP) is 2.36. The topological polar surface area (TPSA) is 47.6 Å². The minimum absolute atomic E-state index is 0.212. The van der Waals surface area contributed by atoms with Crippen molar-refractivity contribution in [3.63, 3.8) is 0 Å². The Balaban J connectivity index is 1.95. The molecular formula is C14H20N2O. The van der Waals surface area contributed by atoms with Gasteiger partial charge in [-0.3, -0.25) is 0 Å². The number of hydrogen-bond donors (Lipinski definition) is 1. The Morgan fingerprint density at radius 1 is 1.35 bits per heavy atom. The minimum atomic E-state index is 0.212.